The minimum absolute atomic E-state index is 0.876. The fourth-order valence-electron chi connectivity index (χ4n) is 1.20. The summed E-state index contributed by atoms with van der Waals surface area (Å²) in [5, 5.41) is 12.2. The molecule has 0 atom stereocenters. The van der Waals surface area contributed by atoms with Crippen LogP contribution >= 0.6 is 11.3 Å². The van der Waals surface area contributed by atoms with E-state index < -0.39 is 0 Å². The van der Waals surface area contributed by atoms with Crippen molar-refractivity contribution >= 4 is 23.1 Å². The minimum Gasteiger partial charge on any atom is -0.159 e. The van der Waals surface area contributed by atoms with Gasteiger partial charge in [-0.1, -0.05) is 17.7 Å². The summed E-state index contributed by atoms with van der Waals surface area (Å²) in [6.45, 7) is 2.05. The first-order valence-electron chi connectivity index (χ1n) is 5.01. The van der Waals surface area contributed by atoms with Crippen LogP contribution in [0.4, 0.5) is 5.69 Å². The maximum atomic E-state index is 4.09. The molecule has 80 valence electrons. The monoisotopic (exact) mass is 228 g/mol. The number of benzene rings is 1. The van der Waals surface area contributed by atoms with Crippen molar-refractivity contribution in [3.05, 3.63) is 58.4 Å². The molecule has 2 nitrogen and oxygen atoms in total. The first-order valence-corrected chi connectivity index (χ1v) is 5.95. The maximum Gasteiger partial charge on any atom is 0.0857 e. The topological polar surface area (TPSA) is 24.7 Å². The quantitative estimate of drug-likeness (QED) is 0.673. The highest BCUT2D eigenvalue weighted by Gasteiger charge is 1.87. The fourth-order valence-corrected chi connectivity index (χ4v) is 1.83. The van der Waals surface area contributed by atoms with Gasteiger partial charge < -0.3 is 0 Å². The third kappa shape index (κ3) is 3.14. The van der Waals surface area contributed by atoms with Crippen molar-refractivity contribution in [1.29, 1.82) is 0 Å². The predicted molar refractivity (Wildman–Crippen MR) is 69.0 cm³/mol. The number of hydrogen-bond acceptors (Lipinski definition) is 3. The van der Waals surface area contributed by atoms with Crippen LogP contribution in [0, 0.1) is 6.92 Å². The van der Waals surface area contributed by atoms with Gasteiger partial charge >= 0.3 is 0 Å². The number of thiophene rings is 1. The Kier molecular flexibility index (Phi) is 3.62. The Morgan fingerprint density at radius 1 is 1.12 bits per heavy atom. The van der Waals surface area contributed by atoms with Crippen LogP contribution in [0.5, 0.6) is 0 Å². The third-order valence-electron chi connectivity index (χ3n) is 2.08. The number of rotatable bonds is 3. The summed E-state index contributed by atoms with van der Waals surface area (Å²) in [5.74, 6) is 0. The zero-order valence-electron chi connectivity index (χ0n) is 9.00. The first-order chi connectivity index (χ1) is 7.84. The number of hydrogen-bond donors (Lipinski definition) is 0. The van der Waals surface area contributed by atoms with E-state index in [1.165, 1.54) is 5.56 Å². The lowest BCUT2D eigenvalue weighted by molar-refractivity contribution is 1.23. The summed E-state index contributed by atoms with van der Waals surface area (Å²) < 4.78 is 0. The lowest BCUT2D eigenvalue weighted by Crippen LogP contribution is -1.67. The molecule has 0 aliphatic carbocycles. The Hall–Kier alpha value is -1.74. The third-order valence-corrected chi connectivity index (χ3v) is 2.79. The smallest absolute Gasteiger partial charge is 0.0857 e. The van der Waals surface area contributed by atoms with Gasteiger partial charge in [0.15, 0.2) is 0 Å². The van der Waals surface area contributed by atoms with Gasteiger partial charge in [-0.05, 0) is 47.5 Å². The average molecular weight is 228 g/mol. The van der Waals surface area contributed by atoms with E-state index in [9.17, 15) is 0 Å². The minimum atomic E-state index is 0.876. The molecule has 1 aromatic heterocycles. The van der Waals surface area contributed by atoms with Gasteiger partial charge in [0, 0.05) is 0 Å². The van der Waals surface area contributed by atoms with E-state index in [4.69, 9.17) is 0 Å². The average Bonchev–Trinajstić information content (AvgIpc) is 2.80. The Morgan fingerprint density at radius 3 is 2.62 bits per heavy atom. The van der Waals surface area contributed by atoms with Crippen LogP contribution in [-0.2, 0) is 0 Å². The molecule has 0 N–H and O–H groups in total. The van der Waals surface area contributed by atoms with Crippen LogP contribution in [-0.4, -0.2) is 0 Å². The number of azo groups is 1. The maximum absolute atomic E-state index is 4.09. The van der Waals surface area contributed by atoms with E-state index in [0.29, 0.717) is 0 Å². The van der Waals surface area contributed by atoms with Crippen LogP contribution in [0.3, 0.4) is 0 Å². The van der Waals surface area contributed by atoms with E-state index in [1.54, 1.807) is 17.5 Å². The second-order valence-electron chi connectivity index (χ2n) is 3.42. The van der Waals surface area contributed by atoms with Crippen molar-refractivity contribution in [2.75, 3.05) is 0 Å². The highest BCUT2D eigenvalue weighted by atomic mass is 32.1. The largest absolute Gasteiger partial charge is 0.159 e. The van der Waals surface area contributed by atoms with Gasteiger partial charge in [0.2, 0.25) is 0 Å². The normalized spacial score (nSPS) is 11.6. The van der Waals surface area contributed by atoms with Crippen LogP contribution in [0.25, 0.3) is 6.08 Å². The summed E-state index contributed by atoms with van der Waals surface area (Å²) in [6, 6.07) is 10.0. The molecule has 0 saturated carbocycles. The summed E-state index contributed by atoms with van der Waals surface area (Å²) >= 11 is 1.67. The lowest BCUT2D eigenvalue weighted by Gasteiger charge is -1.91. The van der Waals surface area contributed by atoms with Crippen LogP contribution in [0.1, 0.15) is 11.1 Å². The first kappa shape index (κ1) is 10.8. The molecule has 0 fully saturated rings. The zero-order chi connectivity index (χ0) is 11.2. The Labute approximate surface area is 99.0 Å². The van der Waals surface area contributed by atoms with E-state index in [1.807, 2.05) is 41.8 Å². The van der Waals surface area contributed by atoms with Gasteiger partial charge in [0.05, 0.1) is 11.9 Å². The van der Waals surface area contributed by atoms with Crippen LogP contribution in [0.15, 0.2) is 57.5 Å². The molecule has 0 amide bonds. The molecular formula is C13H12N2S. The molecule has 2 aromatic rings. The molecule has 0 aliphatic rings. The number of aryl methyl sites for hydroxylation is 1. The molecule has 0 unspecified atom stereocenters. The van der Waals surface area contributed by atoms with Crippen molar-refractivity contribution in [1.82, 2.24) is 0 Å². The lowest BCUT2D eigenvalue weighted by atomic mass is 10.2. The Bertz CT molecular complexity index is 481. The Morgan fingerprint density at radius 2 is 1.94 bits per heavy atom. The highest BCUT2D eigenvalue weighted by Crippen LogP contribution is 2.13. The molecule has 16 heavy (non-hydrogen) atoms. The van der Waals surface area contributed by atoms with E-state index in [2.05, 4.69) is 22.5 Å². The molecule has 2 rings (SSSR count). The van der Waals surface area contributed by atoms with Crippen LogP contribution in [0.2, 0.25) is 0 Å². The van der Waals surface area contributed by atoms with E-state index >= 15 is 0 Å². The van der Waals surface area contributed by atoms with Gasteiger partial charge in [0.1, 0.15) is 0 Å². The molecule has 1 heterocycles. The van der Waals surface area contributed by atoms with Gasteiger partial charge in [-0.15, -0.1) is 0 Å². The summed E-state index contributed by atoms with van der Waals surface area (Å²) in [7, 11) is 0. The fraction of sp³-hybridized carbons (Fsp3) is 0.0769. The second-order valence-corrected chi connectivity index (χ2v) is 4.20. The highest BCUT2D eigenvalue weighted by molar-refractivity contribution is 7.08. The summed E-state index contributed by atoms with van der Waals surface area (Å²) in [6.07, 6.45) is 3.65. The number of nitrogens with zero attached hydrogens (tertiary/aromatic N) is 2. The molecule has 0 spiro atoms. The van der Waals surface area contributed by atoms with E-state index in [0.717, 1.165) is 11.3 Å². The second kappa shape index (κ2) is 5.37. The molecule has 0 bridgehead atoms. The SMILES string of the molecule is Cc1ccc(N=N/C=C/c2ccsc2)cc1. The predicted octanol–water partition coefficient (Wildman–Crippen LogP) is 4.81. The molecule has 0 radical (unpaired) electrons. The van der Waals surface area contributed by atoms with Crippen molar-refractivity contribution in [3.8, 4) is 0 Å². The van der Waals surface area contributed by atoms with Gasteiger partial charge in [0.25, 0.3) is 0 Å². The molecule has 3 heteroatoms. The zero-order valence-corrected chi connectivity index (χ0v) is 9.82. The van der Waals surface area contributed by atoms with Gasteiger partial charge in [-0.3, -0.25) is 0 Å². The van der Waals surface area contributed by atoms with E-state index in [-0.39, 0.29) is 0 Å². The van der Waals surface area contributed by atoms with Gasteiger partial charge in [-0.25, -0.2) is 0 Å². The molecular weight excluding hydrogens is 216 g/mol. The van der Waals surface area contributed by atoms with Crippen molar-refractivity contribution in [2.45, 2.75) is 6.92 Å². The van der Waals surface area contributed by atoms with Crippen molar-refractivity contribution in [2.24, 2.45) is 10.2 Å². The molecule has 0 saturated heterocycles. The molecule has 1 aromatic carbocycles. The van der Waals surface area contributed by atoms with Crippen molar-refractivity contribution in [3.63, 3.8) is 0 Å². The molecule has 0 aliphatic heterocycles. The van der Waals surface area contributed by atoms with Crippen molar-refractivity contribution < 1.29 is 0 Å². The van der Waals surface area contributed by atoms with Gasteiger partial charge in [-0.2, -0.15) is 21.6 Å². The standard InChI is InChI=1S/C13H12N2S/c1-11-2-4-13(5-3-11)15-14-8-6-12-7-9-16-10-12/h2-10H,1H3/b8-6+,15-14?. The summed E-state index contributed by atoms with van der Waals surface area (Å²) in [4.78, 5) is 0. The van der Waals surface area contributed by atoms with Crippen LogP contribution < -0.4 is 0 Å². The Balaban J connectivity index is 1.97. The summed E-state index contributed by atoms with van der Waals surface area (Å²) in [5.41, 5.74) is 3.26.